The van der Waals surface area contributed by atoms with E-state index in [1.165, 1.54) is 22.5 Å². The number of alkyl halides is 3. The van der Waals surface area contributed by atoms with Crippen LogP contribution in [0.4, 0.5) is 13.2 Å². The third-order valence-electron chi connectivity index (χ3n) is 3.67. The van der Waals surface area contributed by atoms with Crippen LogP contribution in [0.2, 0.25) is 0 Å². The summed E-state index contributed by atoms with van der Waals surface area (Å²) in [7, 11) is 0. The van der Waals surface area contributed by atoms with Gasteiger partial charge in [0.1, 0.15) is 0 Å². The molecule has 0 aliphatic rings. The van der Waals surface area contributed by atoms with Crippen molar-refractivity contribution in [2.24, 2.45) is 0 Å². The first-order valence-corrected chi connectivity index (χ1v) is 8.40. The molecule has 0 unspecified atom stereocenters. The standard InChI is InChI=1S/C17H15F3N4S/c1-11-5-2-3-8-14(11)15-22-23-16(24(15)21)25-10-12-6-4-7-13(9-12)17(18,19)20/h2-9H,10,21H2,1H3. The van der Waals surface area contributed by atoms with Gasteiger partial charge in [0.05, 0.1) is 5.56 Å². The van der Waals surface area contributed by atoms with Crippen LogP contribution >= 0.6 is 11.8 Å². The monoisotopic (exact) mass is 364 g/mol. The van der Waals surface area contributed by atoms with Gasteiger partial charge in [-0.3, -0.25) is 0 Å². The zero-order valence-corrected chi connectivity index (χ0v) is 14.1. The van der Waals surface area contributed by atoms with E-state index >= 15 is 0 Å². The Morgan fingerprint density at radius 1 is 1.08 bits per heavy atom. The second-order valence-corrected chi connectivity index (χ2v) is 6.42. The third kappa shape index (κ3) is 3.79. The van der Waals surface area contributed by atoms with Crippen LogP contribution in [0.1, 0.15) is 16.7 Å². The Morgan fingerprint density at radius 2 is 1.84 bits per heavy atom. The number of rotatable bonds is 4. The summed E-state index contributed by atoms with van der Waals surface area (Å²) < 4.78 is 39.7. The van der Waals surface area contributed by atoms with Crippen molar-refractivity contribution >= 4 is 11.8 Å². The Bertz CT molecular complexity index is 890. The molecule has 0 aliphatic heterocycles. The van der Waals surface area contributed by atoms with Crippen molar-refractivity contribution in [3.05, 3.63) is 65.2 Å². The van der Waals surface area contributed by atoms with Crippen LogP contribution in [0.15, 0.2) is 53.7 Å². The fourth-order valence-electron chi connectivity index (χ4n) is 2.37. The molecule has 3 aromatic rings. The molecule has 0 fully saturated rings. The van der Waals surface area contributed by atoms with Gasteiger partial charge in [-0.2, -0.15) is 13.2 Å². The van der Waals surface area contributed by atoms with E-state index in [-0.39, 0.29) is 0 Å². The Labute approximate surface area is 146 Å². The van der Waals surface area contributed by atoms with Crippen LogP contribution in [0, 0.1) is 6.92 Å². The van der Waals surface area contributed by atoms with Crippen LogP contribution in [0.5, 0.6) is 0 Å². The predicted molar refractivity (Wildman–Crippen MR) is 91.4 cm³/mol. The molecular weight excluding hydrogens is 349 g/mol. The normalized spacial score (nSPS) is 11.7. The summed E-state index contributed by atoms with van der Waals surface area (Å²) in [5.74, 6) is 6.89. The second kappa shape index (κ2) is 6.79. The number of hydrogen-bond donors (Lipinski definition) is 1. The van der Waals surface area contributed by atoms with Crippen molar-refractivity contribution in [1.29, 1.82) is 0 Å². The molecule has 1 aromatic heterocycles. The summed E-state index contributed by atoms with van der Waals surface area (Å²) in [5, 5.41) is 8.59. The maximum atomic E-state index is 12.8. The lowest BCUT2D eigenvalue weighted by atomic mass is 10.1. The minimum Gasteiger partial charge on any atom is -0.335 e. The molecule has 0 saturated heterocycles. The maximum absolute atomic E-state index is 12.8. The molecule has 0 radical (unpaired) electrons. The number of aryl methyl sites for hydroxylation is 1. The molecule has 8 heteroatoms. The largest absolute Gasteiger partial charge is 0.416 e. The van der Waals surface area contributed by atoms with E-state index < -0.39 is 11.7 Å². The van der Waals surface area contributed by atoms with Crippen LogP contribution in [0.25, 0.3) is 11.4 Å². The van der Waals surface area contributed by atoms with Gasteiger partial charge >= 0.3 is 6.18 Å². The number of nitrogen functional groups attached to an aromatic ring is 1. The molecule has 0 saturated carbocycles. The molecule has 3 rings (SSSR count). The number of nitrogens with zero attached hydrogens (tertiary/aromatic N) is 3. The fourth-order valence-corrected chi connectivity index (χ4v) is 3.17. The highest BCUT2D eigenvalue weighted by atomic mass is 32.2. The number of nitrogens with two attached hydrogens (primary N) is 1. The summed E-state index contributed by atoms with van der Waals surface area (Å²) in [4.78, 5) is 0. The van der Waals surface area contributed by atoms with E-state index in [2.05, 4.69) is 10.2 Å². The highest BCUT2D eigenvalue weighted by Crippen LogP contribution is 2.31. The van der Waals surface area contributed by atoms with E-state index in [0.29, 0.717) is 22.3 Å². The van der Waals surface area contributed by atoms with E-state index in [1.807, 2.05) is 31.2 Å². The summed E-state index contributed by atoms with van der Waals surface area (Å²) in [6, 6.07) is 12.9. The average molecular weight is 364 g/mol. The molecule has 4 nitrogen and oxygen atoms in total. The quantitative estimate of drug-likeness (QED) is 0.555. The van der Waals surface area contributed by atoms with Crippen molar-refractivity contribution in [2.45, 2.75) is 24.0 Å². The topological polar surface area (TPSA) is 56.7 Å². The Kier molecular flexibility index (Phi) is 4.71. The molecule has 0 amide bonds. The van der Waals surface area contributed by atoms with Gasteiger partial charge in [0.2, 0.25) is 5.16 Å². The van der Waals surface area contributed by atoms with Gasteiger partial charge in [0.15, 0.2) is 5.82 Å². The van der Waals surface area contributed by atoms with Gasteiger partial charge in [-0.15, -0.1) is 10.2 Å². The van der Waals surface area contributed by atoms with Crippen LogP contribution in [-0.2, 0) is 11.9 Å². The molecule has 0 bridgehead atoms. The smallest absolute Gasteiger partial charge is 0.335 e. The molecule has 0 atom stereocenters. The Balaban J connectivity index is 1.78. The van der Waals surface area contributed by atoms with E-state index in [0.717, 1.165) is 23.3 Å². The highest BCUT2D eigenvalue weighted by molar-refractivity contribution is 7.98. The molecule has 2 aromatic carbocycles. The zero-order chi connectivity index (χ0) is 18.0. The zero-order valence-electron chi connectivity index (χ0n) is 13.3. The van der Waals surface area contributed by atoms with Crippen molar-refractivity contribution in [1.82, 2.24) is 14.9 Å². The van der Waals surface area contributed by atoms with Gasteiger partial charge < -0.3 is 5.84 Å². The lowest BCUT2D eigenvalue weighted by molar-refractivity contribution is -0.137. The van der Waals surface area contributed by atoms with Crippen molar-refractivity contribution in [2.75, 3.05) is 5.84 Å². The first kappa shape index (κ1) is 17.3. The highest BCUT2D eigenvalue weighted by Gasteiger charge is 2.30. The minimum absolute atomic E-state index is 0.313. The van der Waals surface area contributed by atoms with Crippen LogP contribution in [0.3, 0.4) is 0 Å². The molecule has 0 spiro atoms. The number of benzene rings is 2. The maximum Gasteiger partial charge on any atom is 0.416 e. The number of thioether (sulfide) groups is 1. The van der Waals surface area contributed by atoms with Gasteiger partial charge in [0.25, 0.3) is 0 Å². The average Bonchev–Trinajstić information content (AvgIpc) is 2.94. The van der Waals surface area contributed by atoms with E-state index in [9.17, 15) is 13.2 Å². The van der Waals surface area contributed by atoms with Gasteiger partial charge in [-0.05, 0) is 24.1 Å². The third-order valence-corrected chi connectivity index (χ3v) is 4.69. The Morgan fingerprint density at radius 3 is 2.56 bits per heavy atom. The summed E-state index contributed by atoms with van der Waals surface area (Å²) in [5.41, 5.74) is 1.75. The molecule has 1 heterocycles. The Hall–Kier alpha value is -2.48. The van der Waals surface area contributed by atoms with Gasteiger partial charge in [-0.1, -0.05) is 54.2 Å². The molecular formula is C17H15F3N4S. The summed E-state index contributed by atoms with van der Waals surface area (Å²) >= 11 is 1.24. The number of halogens is 3. The van der Waals surface area contributed by atoms with E-state index in [1.54, 1.807) is 6.07 Å². The minimum atomic E-state index is -4.35. The van der Waals surface area contributed by atoms with Crippen molar-refractivity contribution < 1.29 is 13.2 Å². The first-order valence-electron chi connectivity index (χ1n) is 7.41. The number of aromatic nitrogens is 3. The first-order chi connectivity index (χ1) is 11.9. The van der Waals surface area contributed by atoms with Crippen molar-refractivity contribution in [3.63, 3.8) is 0 Å². The van der Waals surface area contributed by atoms with E-state index in [4.69, 9.17) is 5.84 Å². The lowest BCUT2D eigenvalue weighted by Crippen LogP contribution is -2.12. The molecule has 130 valence electrons. The molecule has 0 aliphatic carbocycles. The lowest BCUT2D eigenvalue weighted by Gasteiger charge is -2.09. The van der Waals surface area contributed by atoms with Gasteiger partial charge in [0, 0.05) is 11.3 Å². The predicted octanol–water partition coefficient (Wildman–Crippen LogP) is 4.28. The van der Waals surface area contributed by atoms with Crippen molar-refractivity contribution in [3.8, 4) is 11.4 Å². The molecule has 25 heavy (non-hydrogen) atoms. The number of hydrogen-bond acceptors (Lipinski definition) is 4. The molecule has 2 N–H and O–H groups in total. The second-order valence-electron chi connectivity index (χ2n) is 5.48. The van der Waals surface area contributed by atoms with Crippen LogP contribution in [-0.4, -0.2) is 14.9 Å². The van der Waals surface area contributed by atoms with Crippen LogP contribution < -0.4 is 5.84 Å². The summed E-state index contributed by atoms with van der Waals surface area (Å²) in [6.45, 7) is 1.94. The summed E-state index contributed by atoms with van der Waals surface area (Å²) in [6.07, 6.45) is -4.35. The SMILES string of the molecule is Cc1ccccc1-c1nnc(SCc2cccc(C(F)(F)F)c2)n1N. The van der Waals surface area contributed by atoms with Gasteiger partial charge in [-0.25, -0.2) is 4.68 Å². The fraction of sp³-hybridized carbons (Fsp3) is 0.176.